The molecule has 1 aromatic rings. The summed E-state index contributed by atoms with van der Waals surface area (Å²) >= 11 is 0. The Hall–Kier alpha value is -1.07. The molecule has 0 heterocycles. The van der Waals surface area contributed by atoms with Crippen LogP contribution in [0.25, 0.3) is 0 Å². The number of benzene rings is 1. The number of hydrogen-bond donors (Lipinski definition) is 2. The van der Waals surface area contributed by atoms with Gasteiger partial charge in [-0.2, -0.15) is 13.2 Å². The molecule has 0 spiro atoms. The highest BCUT2D eigenvalue weighted by atomic mass is 19.4. The van der Waals surface area contributed by atoms with E-state index in [4.69, 9.17) is 0 Å². The van der Waals surface area contributed by atoms with Gasteiger partial charge in [0.05, 0.1) is 0 Å². The summed E-state index contributed by atoms with van der Waals surface area (Å²) in [5.41, 5.74) is 0.353. The fourth-order valence-electron chi connectivity index (χ4n) is 1.49. The molecule has 2 atom stereocenters. The highest BCUT2D eigenvalue weighted by Gasteiger charge is 2.40. The summed E-state index contributed by atoms with van der Waals surface area (Å²) in [6.07, 6.45) is -7.07. The highest BCUT2D eigenvalue weighted by Crippen LogP contribution is 2.35. The Bertz CT molecular complexity index is 351. The van der Waals surface area contributed by atoms with Gasteiger partial charge in [0.2, 0.25) is 0 Å². The van der Waals surface area contributed by atoms with Crippen molar-refractivity contribution in [2.45, 2.75) is 25.2 Å². The maximum Gasteiger partial charge on any atom is 0.418 e. The molecule has 1 rings (SSSR count). The third kappa shape index (κ3) is 2.74. The van der Waals surface area contributed by atoms with Crippen LogP contribution in [0.5, 0.6) is 0 Å². The van der Waals surface area contributed by atoms with Crippen molar-refractivity contribution in [2.75, 3.05) is 7.05 Å². The highest BCUT2D eigenvalue weighted by molar-refractivity contribution is 5.32. The monoisotopic (exact) mass is 233 g/mol. The number of halogens is 3. The zero-order valence-electron chi connectivity index (χ0n) is 9.05. The number of alkyl halides is 3. The van der Waals surface area contributed by atoms with Crippen LogP contribution in [0.3, 0.4) is 0 Å². The van der Waals surface area contributed by atoms with E-state index < -0.39 is 12.3 Å². The standard InChI is InChI=1S/C11H14F3NO/c1-7(15-2)8-5-3-4-6-9(8)10(16)11(12,13)14/h3-7,10,15-16H,1-2H3. The molecule has 1 aromatic carbocycles. The second-order valence-electron chi connectivity index (χ2n) is 3.58. The predicted molar refractivity (Wildman–Crippen MR) is 54.9 cm³/mol. The number of nitrogens with one attached hydrogen (secondary N) is 1. The molecule has 0 amide bonds. The fraction of sp³-hybridized carbons (Fsp3) is 0.455. The molecule has 0 radical (unpaired) electrons. The smallest absolute Gasteiger partial charge is 0.379 e. The van der Waals surface area contributed by atoms with Crippen LogP contribution in [0.15, 0.2) is 24.3 Å². The number of aliphatic hydroxyl groups excluding tert-OH is 1. The van der Waals surface area contributed by atoms with Crippen LogP contribution in [-0.2, 0) is 0 Å². The van der Waals surface area contributed by atoms with Gasteiger partial charge in [0, 0.05) is 6.04 Å². The van der Waals surface area contributed by atoms with Crippen molar-refractivity contribution in [2.24, 2.45) is 0 Å². The first kappa shape index (κ1) is 13.0. The van der Waals surface area contributed by atoms with Crippen molar-refractivity contribution in [3.8, 4) is 0 Å². The van der Waals surface area contributed by atoms with Gasteiger partial charge in [-0.25, -0.2) is 0 Å². The molecule has 0 aliphatic rings. The maximum atomic E-state index is 12.4. The van der Waals surface area contributed by atoms with E-state index in [1.807, 2.05) is 0 Å². The van der Waals surface area contributed by atoms with Gasteiger partial charge in [0.1, 0.15) is 0 Å². The molecule has 0 aliphatic heterocycles. The lowest BCUT2D eigenvalue weighted by atomic mass is 9.97. The molecular formula is C11H14F3NO. The van der Waals surface area contributed by atoms with Gasteiger partial charge in [-0.15, -0.1) is 0 Å². The van der Waals surface area contributed by atoms with Crippen LogP contribution in [0.1, 0.15) is 30.2 Å². The fourth-order valence-corrected chi connectivity index (χ4v) is 1.49. The predicted octanol–water partition coefficient (Wildman–Crippen LogP) is 2.56. The summed E-state index contributed by atoms with van der Waals surface area (Å²) in [7, 11) is 1.65. The molecule has 16 heavy (non-hydrogen) atoms. The Kier molecular flexibility index (Phi) is 3.93. The van der Waals surface area contributed by atoms with Crippen molar-refractivity contribution in [1.29, 1.82) is 0 Å². The molecule has 0 aliphatic carbocycles. The van der Waals surface area contributed by atoms with E-state index in [1.165, 1.54) is 12.1 Å². The normalized spacial score (nSPS) is 15.9. The molecule has 90 valence electrons. The van der Waals surface area contributed by atoms with Gasteiger partial charge in [-0.1, -0.05) is 24.3 Å². The van der Waals surface area contributed by atoms with Gasteiger partial charge in [-0.05, 0) is 25.1 Å². The topological polar surface area (TPSA) is 32.3 Å². The molecule has 2 unspecified atom stereocenters. The van der Waals surface area contributed by atoms with Gasteiger partial charge >= 0.3 is 6.18 Å². The summed E-state index contributed by atoms with van der Waals surface area (Å²) in [6.45, 7) is 1.74. The minimum atomic E-state index is -4.64. The summed E-state index contributed by atoms with van der Waals surface area (Å²) in [4.78, 5) is 0. The Morgan fingerprint density at radius 1 is 1.19 bits per heavy atom. The summed E-state index contributed by atoms with van der Waals surface area (Å²) < 4.78 is 37.2. The molecule has 5 heteroatoms. The van der Waals surface area contributed by atoms with Crippen molar-refractivity contribution in [1.82, 2.24) is 5.32 Å². The third-order valence-corrected chi connectivity index (χ3v) is 2.50. The Morgan fingerprint density at radius 2 is 1.69 bits per heavy atom. The lowest BCUT2D eigenvalue weighted by Gasteiger charge is -2.21. The van der Waals surface area contributed by atoms with Crippen molar-refractivity contribution in [3.63, 3.8) is 0 Å². The van der Waals surface area contributed by atoms with E-state index in [0.29, 0.717) is 5.56 Å². The largest absolute Gasteiger partial charge is 0.418 e. The van der Waals surface area contributed by atoms with Gasteiger partial charge in [-0.3, -0.25) is 0 Å². The van der Waals surface area contributed by atoms with Crippen LogP contribution in [0.2, 0.25) is 0 Å². The Balaban J connectivity index is 3.13. The van der Waals surface area contributed by atoms with Crippen molar-refractivity contribution < 1.29 is 18.3 Å². The van der Waals surface area contributed by atoms with Crippen LogP contribution in [0.4, 0.5) is 13.2 Å². The van der Waals surface area contributed by atoms with E-state index in [2.05, 4.69) is 5.32 Å². The van der Waals surface area contributed by atoms with E-state index in [-0.39, 0.29) is 11.6 Å². The van der Waals surface area contributed by atoms with E-state index in [0.717, 1.165) is 0 Å². The summed E-state index contributed by atoms with van der Waals surface area (Å²) in [5, 5.41) is 12.1. The lowest BCUT2D eigenvalue weighted by Crippen LogP contribution is -2.23. The molecule has 0 aromatic heterocycles. The van der Waals surface area contributed by atoms with Crippen LogP contribution in [0, 0.1) is 0 Å². The van der Waals surface area contributed by atoms with E-state index >= 15 is 0 Å². The quantitative estimate of drug-likeness (QED) is 0.841. The van der Waals surface area contributed by atoms with Gasteiger partial charge < -0.3 is 10.4 Å². The molecule has 2 N–H and O–H groups in total. The SMILES string of the molecule is CNC(C)c1ccccc1C(O)C(F)(F)F. The van der Waals surface area contributed by atoms with Crippen molar-refractivity contribution in [3.05, 3.63) is 35.4 Å². The molecule has 0 saturated heterocycles. The first-order chi connectivity index (χ1) is 7.38. The van der Waals surface area contributed by atoms with Gasteiger partial charge in [0.15, 0.2) is 6.10 Å². The minimum Gasteiger partial charge on any atom is -0.379 e. The average molecular weight is 233 g/mol. The zero-order chi connectivity index (χ0) is 12.3. The second kappa shape index (κ2) is 4.84. The summed E-state index contributed by atoms with van der Waals surface area (Å²) in [5.74, 6) is 0. The number of aliphatic hydroxyl groups is 1. The Morgan fingerprint density at radius 3 is 2.12 bits per heavy atom. The maximum absolute atomic E-state index is 12.4. The number of hydrogen-bond acceptors (Lipinski definition) is 2. The zero-order valence-corrected chi connectivity index (χ0v) is 9.05. The van der Waals surface area contributed by atoms with Crippen LogP contribution < -0.4 is 5.32 Å². The van der Waals surface area contributed by atoms with Gasteiger partial charge in [0.25, 0.3) is 0 Å². The lowest BCUT2D eigenvalue weighted by molar-refractivity contribution is -0.207. The summed E-state index contributed by atoms with van der Waals surface area (Å²) in [6, 6.07) is 5.76. The molecule has 2 nitrogen and oxygen atoms in total. The van der Waals surface area contributed by atoms with Crippen LogP contribution >= 0.6 is 0 Å². The minimum absolute atomic E-state index is 0.100. The Labute approximate surface area is 92.1 Å². The van der Waals surface area contributed by atoms with E-state index in [1.54, 1.807) is 26.1 Å². The first-order valence-corrected chi connectivity index (χ1v) is 4.88. The molecule has 0 saturated carbocycles. The second-order valence-corrected chi connectivity index (χ2v) is 3.58. The third-order valence-electron chi connectivity index (χ3n) is 2.50. The molecular weight excluding hydrogens is 219 g/mol. The first-order valence-electron chi connectivity index (χ1n) is 4.88. The molecule has 0 bridgehead atoms. The molecule has 0 fully saturated rings. The average Bonchev–Trinajstić information content (AvgIpc) is 2.25. The number of rotatable bonds is 3. The van der Waals surface area contributed by atoms with E-state index in [9.17, 15) is 18.3 Å². The van der Waals surface area contributed by atoms with Crippen LogP contribution in [-0.4, -0.2) is 18.3 Å². The van der Waals surface area contributed by atoms with Crippen molar-refractivity contribution >= 4 is 0 Å².